The van der Waals surface area contributed by atoms with Crippen molar-refractivity contribution in [3.05, 3.63) is 54.6 Å². The Bertz CT molecular complexity index is 775. The second-order valence-electron chi connectivity index (χ2n) is 6.48. The van der Waals surface area contributed by atoms with E-state index >= 15 is 0 Å². The maximum atomic E-state index is 12.8. The molecule has 1 aliphatic rings. The average Bonchev–Trinajstić information content (AvgIpc) is 2.61. The Hall–Kier alpha value is -1.69. The van der Waals surface area contributed by atoms with Crippen molar-refractivity contribution in [3.8, 4) is 11.1 Å². The van der Waals surface area contributed by atoms with Gasteiger partial charge in [-0.25, -0.2) is 13.1 Å². The monoisotopic (exact) mass is 344 g/mol. The minimum absolute atomic E-state index is 0.348. The van der Waals surface area contributed by atoms with Gasteiger partial charge in [-0.15, -0.1) is 0 Å². The van der Waals surface area contributed by atoms with Gasteiger partial charge in [0.2, 0.25) is 10.0 Å². The Morgan fingerprint density at radius 2 is 1.79 bits per heavy atom. The quantitative estimate of drug-likeness (QED) is 0.907. The van der Waals surface area contributed by atoms with Crippen molar-refractivity contribution in [1.82, 2.24) is 9.62 Å². The Morgan fingerprint density at radius 1 is 1.08 bits per heavy atom. The number of sulfonamides is 1. The summed E-state index contributed by atoms with van der Waals surface area (Å²) in [5, 5.41) is 0. The highest BCUT2D eigenvalue weighted by molar-refractivity contribution is 7.89. The van der Waals surface area contributed by atoms with Crippen LogP contribution in [0.5, 0.6) is 0 Å². The minimum Gasteiger partial charge on any atom is -0.306 e. The molecular weight excluding hydrogens is 320 g/mol. The lowest BCUT2D eigenvalue weighted by Crippen LogP contribution is -2.39. The highest BCUT2D eigenvalue weighted by atomic mass is 32.2. The Balaban J connectivity index is 1.80. The van der Waals surface area contributed by atoms with E-state index in [1.807, 2.05) is 42.5 Å². The molecule has 128 valence electrons. The van der Waals surface area contributed by atoms with Crippen LogP contribution in [-0.4, -0.2) is 40.0 Å². The fraction of sp³-hybridized carbons (Fsp3) is 0.368. The molecule has 0 amide bonds. The van der Waals surface area contributed by atoms with E-state index in [0.717, 1.165) is 37.1 Å². The van der Waals surface area contributed by atoms with E-state index in [4.69, 9.17) is 0 Å². The number of benzene rings is 2. The molecule has 0 aliphatic carbocycles. The lowest BCUT2D eigenvalue weighted by molar-refractivity contribution is 0.211. The minimum atomic E-state index is -3.52. The van der Waals surface area contributed by atoms with Gasteiger partial charge in [0.15, 0.2) is 0 Å². The maximum absolute atomic E-state index is 12.8. The molecule has 1 saturated heterocycles. The molecule has 0 saturated carbocycles. The van der Waals surface area contributed by atoms with E-state index in [9.17, 15) is 8.42 Å². The van der Waals surface area contributed by atoms with Gasteiger partial charge in [-0.3, -0.25) is 0 Å². The van der Waals surface area contributed by atoms with Crippen molar-refractivity contribution in [3.63, 3.8) is 0 Å². The number of nitrogens with one attached hydrogen (secondary N) is 1. The van der Waals surface area contributed by atoms with Crippen LogP contribution in [0, 0.1) is 5.92 Å². The van der Waals surface area contributed by atoms with E-state index in [2.05, 4.69) is 16.7 Å². The van der Waals surface area contributed by atoms with E-state index in [0.29, 0.717) is 17.4 Å². The molecule has 2 aromatic carbocycles. The zero-order chi connectivity index (χ0) is 17.0. The Kier molecular flexibility index (Phi) is 5.33. The fourth-order valence-electron chi connectivity index (χ4n) is 3.30. The molecule has 1 heterocycles. The third-order valence-electron chi connectivity index (χ3n) is 4.55. The lowest BCUT2D eigenvalue weighted by atomic mass is 9.99. The fourth-order valence-corrected chi connectivity index (χ4v) is 4.65. The molecular formula is C19H24N2O2S. The molecule has 0 radical (unpaired) electrons. The highest BCUT2D eigenvalue weighted by Crippen LogP contribution is 2.27. The highest BCUT2D eigenvalue weighted by Gasteiger charge is 2.22. The molecule has 1 aliphatic heterocycles. The predicted octanol–water partition coefficient (Wildman–Crippen LogP) is 2.97. The molecule has 24 heavy (non-hydrogen) atoms. The summed E-state index contributed by atoms with van der Waals surface area (Å²) in [6.07, 6.45) is 2.21. The maximum Gasteiger partial charge on any atom is 0.241 e. The predicted molar refractivity (Wildman–Crippen MR) is 97.3 cm³/mol. The van der Waals surface area contributed by atoms with Crippen molar-refractivity contribution < 1.29 is 8.42 Å². The Morgan fingerprint density at radius 3 is 2.54 bits per heavy atom. The third kappa shape index (κ3) is 4.04. The number of piperidine rings is 1. The van der Waals surface area contributed by atoms with E-state index in [1.54, 1.807) is 12.1 Å². The van der Waals surface area contributed by atoms with Crippen molar-refractivity contribution in [2.45, 2.75) is 17.7 Å². The van der Waals surface area contributed by atoms with Gasteiger partial charge in [0.1, 0.15) is 0 Å². The number of hydrogen-bond donors (Lipinski definition) is 1. The summed E-state index contributed by atoms with van der Waals surface area (Å²) < 4.78 is 28.5. The van der Waals surface area contributed by atoms with Gasteiger partial charge >= 0.3 is 0 Å². The largest absolute Gasteiger partial charge is 0.306 e. The molecule has 5 heteroatoms. The molecule has 1 N–H and O–H groups in total. The van der Waals surface area contributed by atoms with Crippen LogP contribution in [0.2, 0.25) is 0 Å². The summed E-state index contributed by atoms with van der Waals surface area (Å²) >= 11 is 0. The van der Waals surface area contributed by atoms with Crippen LogP contribution >= 0.6 is 0 Å². The van der Waals surface area contributed by atoms with Crippen LogP contribution < -0.4 is 4.72 Å². The first-order valence-corrected chi connectivity index (χ1v) is 9.87. The van der Waals surface area contributed by atoms with Gasteiger partial charge in [-0.2, -0.15) is 0 Å². The molecule has 0 unspecified atom stereocenters. The van der Waals surface area contributed by atoms with E-state index in [-0.39, 0.29) is 0 Å². The smallest absolute Gasteiger partial charge is 0.241 e. The van der Waals surface area contributed by atoms with Gasteiger partial charge in [-0.1, -0.05) is 48.5 Å². The van der Waals surface area contributed by atoms with E-state index in [1.165, 1.54) is 0 Å². The summed E-state index contributed by atoms with van der Waals surface area (Å²) in [5.41, 5.74) is 1.65. The first-order chi connectivity index (χ1) is 11.6. The summed E-state index contributed by atoms with van der Waals surface area (Å²) in [6.45, 7) is 2.54. The standard InChI is InChI=1S/C19H24N2O2S/c1-21-13-7-8-16(15-21)14-20-24(22,23)19-12-6-5-11-18(19)17-9-3-2-4-10-17/h2-6,9-12,16,20H,7-8,13-15H2,1H3/t16-/m1/s1. The number of likely N-dealkylation sites (tertiary alicyclic amines) is 1. The van der Waals surface area contributed by atoms with Crippen molar-refractivity contribution in [2.75, 3.05) is 26.7 Å². The van der Waals surface area contributed by atoms with Crippen LogP contribution in [0.15, 0.2) is 59.5 Å². The molecule has 1 fully saturated rings. The normalized spacial score (nSPS) is 19.3. The summed E-state index contributed by atoms with van der Waals surface area (Å²) in [6, 6.07) is 16.8. The summed E-state index contributed by atoms with van der Waals surface area (Å²) in [7, 11) is -1.44. The summed E-state index contributed by atoms with van der Waals surface area (Å²) in [5.74, 6) is 0.377. The zero-order valence-corrected chi connectivity index (χ0v) is 14.8. The third-order valence-corrected chi connectivity index (χ3v) is 6.03. The number of rotatable bonds is 5. The van der Waals surface area contributed by atoms with E-state index < -0.39 is 10.0 Å². The van der Waals surface area contributed by atoms with Crippen LogP contribution in [0.1, 0.15) is 12.8 Å². The molecule has 2 aromatic rings. The molecule has 3 rings (SSSR count). The first kappa shape index (κ1) is 17.1. The molecule has 4 nitrogen and oxygen atoms in total. The van der Waals surface area contributed by atoms with Gasteiger partial charge in [-0.05, 0) is 44.0 Å². The number of nitrogens with zero attached hydrogens (tertiary/aromatic N) is 1. The van der Waals surface area contributed by atoms with Crippen molar-refractivity contribution in [1.29, 1.82) is 0 Å². The molecule has 1 atom stereocenters. The topological polar surface area (TPSA) is 49.4 Å². The van der Waals surface area contributed by atoms with Gasteiger partial charge in [0.25, 0.3) is 0 Å². The van der Waals surface area contributed by atoms with Gasteiger partial charge in [0.05, 0.1) is 4.90 Å². The number of hydrogen-bond acceptors (Lipinski definition) is 3. The van der Waals surface area contributed by atoms with Crippen LogP contribution in [-0.2, 0) is 10.0 Å². The average molecular weight is 344 g/mol. The summed E-state index contributed by atoms with van der Waals surface area (Å²) in [4.78, 5) is 2.61. The van der Waals surface area contributed by atoms with Gasteiger partial charge in [0, 0.05) is 18.7 Å². The second-order valence-corrected chi connectivity index (χ2v) is 8.22. The van der Waals surface area contributed by atoms with Crippen LogP contribution in [0.4, 0.5) is 0 Å². The first-order valence-electron chi connectivity index (χ1n) is 8.39. The van der Waals surface area contributed by atoms with Crippen molar-refractivity contribution >= 4 is 10.0 Å². The lowest BCUT2D eigenvalue weighted by Gasteiger charge is -2.29. The van der Waals surface area contributed by atoms with Crippen molar-refractivity contribution in [2.24, 2.45) is 5.92 Å². The second kappa shape index (κ2) is 7.47. The molecule has 0 spiro atoms. The Labute approximate surface area is 144 Å². The van der Waals surface area contributed by atoms with Gasteiger partial charge < -0.3 is 4.90 Å². The van der Waals surface area contributed by atoms with Crippen LogP contribution in [0.3, 0.4) is 0 Å². The molecule has 0 bridgehead atoms. The molecule has 0 aromatic heterocycles. The van der Waals surface area contributed by atoms with Crippen LogP contribution in [0.25, 0.3) is 11.1 Å². The SMILES string of the molecule is CN1CCC[C@H](CNS(=O)(=O)c2ccccc2-c2ccccc2)C1. The zero-order valence-electron chi connectivity index (χ0n) is 14.0.